The standard InChI is InChI=1S/C15H26N2O2S.ClH/c1-4-5-8-14(11-16)17-20(18,19)15-9-6-7-13(10-15)12(2)3;/h6-7,9-10,12,14,17H,4-5,8,11,16H2,1-3H3;1H. The van der Waals surface area contributed by atoms with Crippen LogP contribution in [0, 0.1) is 0 Å². The van der Waals surface area contributed by atoms with Gasteiger partial charge in [0.25, 0.3) is 0 Å². The molecule has 122 valence electrons. The van der Waals surface area contributed by atoms with Crippen molar-refractivity contribution in [1.29, 1.82) is 0 Å². The fourth-order valence-electron chi connectivity index (χ4n) is 2.00. The first kappa shape index (κ1) is 20.4. The molecule has 1 aromatic rings. The average molecular weight is 335 g/mol. The molecular formula is C15H27ClN2O2S. The van der Waals surface area contributed by atoms with Crippen LogP contribution in [0.5, 0.6) is 0 Å². The molecule has 1 rings (SSSR count). The van der Waals surface area contributed by atoms with Crippen molar-refractivity contribution < 1.29 is 8.42 Å². The summed E-state index contributed by atoms with van der Waals surface area (Å²) in [5.74, 6) is 0.301. The maximum Gasteiger partial charge on any atom is 0.240 e. The fourth-order valence-corrected chi connectivity index (χ4v) is 3.34. The first-order chi connectivity index (χ1) is 9.40. The van der Waals surface area contributed by atoms with E-state index < -0.39 is 10.0 Å². The highest BCUT2D eigenvalue weighted by atomic mass is 35.5. The zero-order valence-electron chi connectivity index (χ0n) is 13.0. The first-order valence-corrected chi connectivity index (χ1v) is 8.71. The van der Waals surface area contributed by atoms with E-state index in [0.29, 0.717) is 17.4 Å². The van der Waals surface area contributed by atoms with Crippen molar-refractivity contribution in [1.82, 2.24) is 4.72 Å². The molecule has 21 heavy (non-hydrogen) atoms. The van der Waals surface area contributed by atoms with Crippen molar-refractivity contribution in [2.75, 3.05) is 6.54 Å². The minimum absolute atomic E-state index is 0. The van der Waals surface area contributed by atoms with Crippen LogP contribution in [0.1, 0.15) is 51.5 Å². The SMILES string of the molecule is CCCCC(CN)NS(=O)(=O)c1cccc(C(C)C)c1.Cl. The number of hydrogen-bond donors (Lipinski definition) is 2. The molecule has 0 amide bonds. The highest BCUT2D eigenvalue weighted by Gasteiger charge is 2.19. The Morgan fingerprint density at radius 2 is 1.95 bits per heavy atom. The highest BCUT2D eigenvalue weighted by Crippen LogP contribution is 2.19. The topological polar surface area (TPSA) is 72.2 Å². The molecule has 0 aliphatic heterocycles. The van der Waals surface area contributed by atoms with Crippen LogP contribution in [-0.2, 0) is 10.0 Å². The summed E-state index contributed by atoms with van der Waals surface area (Å²) in [6.07, 6.45) is 2.77. The predicted octanol–water partition coefficient (Wildman–Crippen LogP) is 3.03. The van der Waals surface area contributed by atoms with Gasteiger partial charge in [-0.15, -0.1) is 12.4 Å². The molecule has 6 heteroatoms. The number of halogens is 1. The highest BCUT2D eigenvalue weighted by molar-refractivity contribution is 7.89. The summed E-state index contributed by atoms with van der Waals surface area (Å²) in [7, 11) is -3.49. The Labute approximate surface area is 135 Å². The van der Waals surface area contributed by atoms with Crippen molar-refractivity contribution in [3.63, 3.8) is 0 Å². The van der Waals surface area contributed by atoms with Crippen LogP contribution in [0.2, 0.25) is 0 Å². The number of unbranched alkanes of at least 4 members (excludes halogenated alkanes) is 1. The smallest absolute Gasteiger partial charge is 0.240 e. The summed E-state index contributed by atoms with van der Waals surface area (Å²) in [4.78, 5) is 0.318. The summed E-state index contributed by atoms with van der Waals surface area (Å²) >= 11 is 0. The molecule has 4 nitrogen and oxygen atoms in total. The van der Waals surface area contributed by atoms with E-state index in [4.69, 9.17) is 5.73 Å². The first-order valence-electron chi connectivity index (χ1n) is 7.23. The molecule has 0 spiro atoms. The summed E-state index contributed by atoms with van der Waals surface area (Å²) in [5.41, 5.74) is 6.67. The fraction of sp³-hybridized carbons (Fsp3) is 0.600. The molecule has 0 radical (unpaired) electrons. The molecular weight excluding hydrogens is 308 g/mol. The lowest BCUT2D eigenvalue weighted by Crippen LogP contribution is -2.40. The molecule has 1 aromatic carbocycles. The van der Waals surface area contributed by atoms with Gasteiger partial charge in [-0.25, -0.2) is 13.1 Å². The normalized spacial score (nSPS) is 13.0. The Hall–Kier alpha value is -0.620. The number of nitrogens with two attached hydrogens (primary N) is 1. The maximum absolute atomic E-state index is 12.4. The quantitative estimate of drug-likeness (QED) is 0.767. The van der Waals surface area contributed by atoms with E-state index in [1.807, 2.05) is 19.9 Å². The van der Waals surface area contributed by atoms with E-state index in [0.717, 1.165) is 24.8 Å². The summed E-state index contributed by atoms with van der Waals surface area (Å²) in [6, 6.07) is 6.90. The van der Waals surface area contributed by atoms with Crippen molar-refractivity contribution in [2.24, 2.45) is 5.73 Å². The Bertz CT molecular complexity index is 518. The van der Waals surface area contributed by atoms with Crippen molar-refractivity contribution in [3.05, 3.63) is 29.8 Å². The van der Waals surface area contributed by atoms with Gasteiger partial charge in [-0.2, -0.15) is 0 Å². The summed E-state index contributed by atoms with van der Waals surface area (Å²) < 4.78 is 27.5. The molecule has 0 heterocycles. The van der Waals surface area contributed by atoms with Gasteiger partial charge in [0.15, 0.2) is 0 Å². The van der Waals surface area contributed by atoms with Gasteiger partial charge in [0, 0.05) is 12.6 Å². The zero-order chi connectivity index (χ0) is 15.2. The van der Waals surface area contributed by atoms with E-state index >= 15 is 0 Å². The van der Waals surface area contributed by atoms with Crippen molar-refractivity contribution in [3.8, 4) is 0 Å². The largest absolute Gasteiger partial charge is 0.329 e. The van der Waals surface area contributed by atoms with E-state index in [-0.39, 0.29) is 18.4 Å². The number of sulfonamides is 1. The van der Waals surface area contributed by atoms with E-state index in [1.54, 1.807) is 18.2 Å². The third-order valence-corrected chi connectivity index (χ3v) is 4.87. The minimum Gasteiger partial charge on any atom is -0.329 e. The molecule has 1 atom stereocenters. The third-order valence-electron chi connectivity index (χ3n) is 3.35. The molecule has 0 aromatic heterocycles. The monoisotopic (exact) mass is 334 g/mol. The predicted molar refractivity (Wildman–Crippen MR) is 90.5 cm³/mol. The maximum atomic E-state index is 12.4. The molecule has 0 fully saturated rings. The van der Waals surface area contributed by atoms with E-state index in [9.17, 15) is 8.42 Å². The Kier molecular flexibility index (Phi) is 9.13. The van der Waals surface area contributed by atoms with Crippen molar-refractivity contribution in [2.45, 2.75) is 56.9 Å². The number of hydrogen-bond acceptors (Lipinski definition) is 3. The second kappa shape index (κ2) is 9.41. The zero-order valence-corrected chi connectivity index (χ0v) is 14.6. The van der Waals surface area contributed by atoms with Crippen molar-refractivity contribution >= 4 is 22.4 Å². The van der Waals surface area contributed by atoms with Gasteiger partial charge in [0.1, 0.15) is 0 Å². The molecule has 0 aliphatic rings. The molecule has 0 aliphatic carbocycles. The molecule has 0 saturated carbocycles. The average Bonchev–Trinajstić information content (AvgIpc) is 2.43. The lowest BCUT2D eigenvalue weighted by atomic mass is 10.0. The molecule has 0 bridgehead atoms. The lowest BCUT2D eigenvalue weighted by molar-refractivity contribution is 0.516. The van der Waals surface area contributed by atoms with Gasteiger partial charge in [-0.1, -0.05) is 45.7 Å². The number of benzene rings is 1. The Morgan fingerprint density at radius 1 is 1.29 bits per heavy atom. The van der Waals surface area contributed by atoms with Gasteiger partial charge < -0.3 is 5.73 Å². The van der Waals surface area contributed by atoms with Gasteiger partial charge in [-0.3, -0.25) is 0 Å². The van der Waals surface area contributed by atoms with Gasteiger partial charge >= 0.3 is 0 Å². The molecule has 1 unspecified atom stereocenters. The van der Waals surface area contributed by atoms with Crippen LogP contribution < -0.4 is 10.5 Å². The second-order valence-corrected chi connectivity index (χ2v) is 7.14. The Balaban J connectivity index is 0.00000400. The van der Waals surface area contributed by atoms with Crippen LogP contribution >= 0.6 is 12.4 Å². The van der Waals surface area contributed by atoms with Crippen LogP contribution in [0.25, 0.3) is 0 Å². The summed E-state index contributed by atoms with van der Waals surface area (Å²) in [6.45, 7) is 6.49. The van der Waals surface area contributed by atoms with E-state index in [2.05, 4.69) is 11.6 Å². The number of nitrogens with one attached hydrogen (secondary N) is 1. The lowest BCUT2D eigenvalue weighted by Gasteiger charge is -2.17. The third kappa shape index (κ3) is 6.34. The van der Waals surface area contributed by atoms with Gasteiger partial charge in [0.05, 0.1) is 4.90 Å². The van der Waals surface area contributed by atoms with Crippen LogP contribution in [0.15, 0.2) is 29.2 Å². The Morgan fingerprint density at radius 3 is 2.48 bits per heavy atom. The number of rotatable bonds is 8. The van der Waals surface area contributed by atoms with Crippen LogP contribution in [0.3, 0.4) is 0 Å². The summed E-state index contributed by atoms with van der Waals surface area (Å²) in [5, 5.41) is 0. The van der Waals surface area contributed by atoms with E-state index in [1.165, 1.54) is 0 Å². The minimum atomic E-state index is -3.49. The van der Waals surface area contributed by atoms with Gasteiger partial charge in [0.2, 0.25) is 10.0 Å². The van der Waals surface area contributed by atoms with Crippen LogP contribution in [-0.4, -0.2) is 21.0 Å². The molecule has 3 N–H and O–H groups in total. The van der Waals surface area contributed by atoms with Crippen LogP contribution in [0.4, 0.5) is 0 Å². The van der Waals surface area contributed by atoms with Gasteiger partial charge in [-0.05, 0) is 30.0 Å². The second-order valence-electron chi connectivity index (χ2n) is 5.42. The molecule has 0 saturated heterocycles.